The van der Waals surface area contributed by atoms with E-state index in [9.17, 15) is 5.11 Å². The summed E-state index contributed by atoms with van der Waals surface area (Å²) in [7, 11) is 1.64. The number of ether oxygens (including phenoxy) is 2. The Hall–Kier alpha value is -0.200. The first-order chi connectivity index (χ1) is 8.02. The number of rotatable bonds is 7. The van der Waals surface area contributed by atoms with Gasteiger partial charge in [0.05, 0.1) is 25.4 Å². The number of likely N-dealkylation sites (tertiary alicyclic amines) is 1. The average molecular weight is 246 g/mol. The largest absolute Gasteiger partial charge is 0.389 e. The lowest BCUT2D eigenvalue weighted by Gasteiger charge is -2.21. The Morgan fingerprint density at radius 3 is 2.65 bits per heavy atom. The maximum absolute atomic E-state index is 9.85. The van der Waals surface area contributed by atoms with Gasteiger partial charge in [-0.05, 0) is 12.8 Å². The summed E-state index contributed by atoms with van der Waals surface area (Å²) in [6.45, 7) is 7.46. The zero-order chi connectivity index (χ0) is 12.8. The van der Waals surface area contributed by atoms with Crippen molar-refractivity contribution in [1.82, 2.24) is 4.90 Å². The number of aliphatic hydroxyl groups excluding tert-OH is 1. The highest BCUT2D eigenvalue weighted by molar-refractivity contribution is 4.84. The molecule has 1 fully saturated rings. The number of hydrogen-bond donors (Lipinski definition) is 2. The summed E-state index contributed by atoms with van der Waals surface area (Å²) < 4.78 is 10.4. The van der Waals surface area contributed by atoms with E-state index in [1.54, 1.807) is 7.11 Å². The average Bonchev–Trinajstić information content (AvgIpc) is 2.55. The van der Waals surface area contributed by atoms with Gasteiger partial charge in [0.1, 0.15) is 0 Å². The van der Waals surface area contributed by atoms with Crippen LogP contribution in [0.5, 0.6) is 0 Å². The minimum Gasteiger partial charge on any atom is -0.389 e. The van der Waals surface area contributed by atoms with E-state index in [4.69, 9.17) is 15.2 Å². The molecule has 1 aliphatic heterocycles. The van der Waals surface area contributed by atoms with Gasteiger partial charge in [0, 0.05) is 32.8 Å². The zero-order valence-corrected chi connectivity index (χ0v) is 11.1. The normalized spacial score (nSPS) is 29.5. The van der Waals surface area contributed by atoms with Gasteiger partial charge in [-0.25, -0.2) is 0 Å². The molecule has 0 aromatic carbocycles. The van der Waals surface area contributed by atoms with E-state index in [0.29, 0.717) is 25.7 Å². The van der Waals surface area contributed by atoms with Crippen molar-refractivity contribution >= 4 is 0 Å². The quantitative estimate of drug-likeness (QED) is 0.644. The third-order valence-corrected chi connectivity index (χ3v) is 3.19. The van der Waals surface area contributed by atoms with Crippen LogP contribution in [0.3, 0.4) is 0 Å². The van der Waals surface area contributed by atoms with E-state index in [1.807, 2.05) is 6.92 Å². The van der Waals surface area contributed by atoms with Crippen molar-refractivity contribution in [3.8, 4) is 0 Å². The molecule has 1 aliphatic rings. The van der Waals surface area contributed by atoms with Gasteiger partial charge in [0.2, 0.25) is 0 Å². The SMILES string of the molecule is COCC(C)OCC(O)CN1CC(C)C(N)C1. The summed E-state index contributed by atoms with van der Waals surface area (Å²) >= 11 is 0. The molecular weight excluding hydrogens is 220 g/mol. The van der Waals surface area contributed by atoms with Crippen LogP contribution in [0, 0.1) is 5.92 Å². The highest BCUT2D eigenvalue weighted by atomic mass is 16.5. The van der Waals surface area contributed by atoms with Crippen LogP contribution in [-0.4, -0.2) is 68.2 Å². The maximum Gasteiger partial charge on any atom is 0.0900 e. The second-order valence-corrected chi connectivity index (χ2v) is 5.11. The van der Waals surface area contributed by atoms with Crippen LogP contribution in [0.25, 0.3) is 0 Å². The summed E-state index contributed by atoms with van der Waals surface area (Å²) in [6.07, 6.45) is -0.429. The van der Waals surface area contributed by atoms with E-state index >= 15 is 0 Å². The lowest BCUT2D eigenvalue weighted by molar-refractivity contribution is -0.0384. The van der Waals surface area contributed by atoms with Gasteiger partial charge in [-0.15, -0.1) is 0 Å². The van der Waals surface area contributed by atoms with E-state index in [-0.39, 0.29) is 12.1 Å². The summed E-state index contributed by atoms with van der Waals surface area (Å²) in [5.74, 6) is 0.510. The monoisotopic (exact) mass is 246 g/mol. The lowest BCUT2D eigenvalue weighted by Crippen LogP contribution is -2.36. The zero-order valence-electron chi connectivity index (χ0n) is 11.1. The Kier molecular flexibility index (Phi) is 6.37. The molecule has 4 atom stereocenters. The van der Waals surface area contributed by atoms with Crippen LogP contribution in [0.15, 0.2) is 0 Å². The van der Waals surface area contributed by atoms with Gasteiger partial charge in [-0.3, -0.25) is 4.90 Å². The Morgan fingerprint density at radius 1 is 1.41 bits per heavy atom. The van der Waals surface area contributed by atoms with Crippen LogP contribution in [0.4, 0.5) is 0 Å². The minimum absolute atomic E-state index is 0.0226. The standard InChI is InChI=1S/C12H26N2O3/c1-9-4-14(6-12(9)13)5-11(15)8-17-10(2)7-16-3/h9-12,15H,4-8,13H2,1-3H3. The first-order valence-electron chi connectivity index (χ1n) is 6.29. The number of nitrogens with two attached hydrogens (primary N) is 1. The Labute approximate surface area is 104 Å². The van der Waals surface area contributed by atoms with Crippen molar-refractivity contribution in [2.24, 2.45) is 11.7 Å². The van der Waals surface area contributed by atoms with Crippen molar-refractivity contribution in [1.29, 1.82) is 0 Å². The van der Waals surface area contributed by atoms with Crippen LogP contribution in [0.1, 0.15) is 13.8 Å². The van der Waals surface area contributed by atoms with Gasteiger partial charge in [0.15, 0.2) is 0 Å². The number of hydrogen-bond acceptors (Lipinski definition) is 5. The fourth-order valence-electron chi connectivity index (χ4n) is 2.15. The van der Waals surface area contributed by atoms with E-state index in [1.165, 1.54) is 0 Å². The van der Waals surface area contributed by atoms with Gasteiger partial charge >= 0.3 is 0 Å². The second kappa shape index (κ2) is 7.28. The molecule has 4 unspecified atom stereocenters. The van der Waals surface area contributed by atoms with E-state index in [2.05, 4.69) is 11.8 Å². The molecular formula is C12H26N2O3. The molecule has 0 spiro atoms. The molecule has 1 rings (SSSR count). The number of nitrogens with zero attached hydrogens (tertiary/aromatic N) is 1. The number of methoxy groups -OCH3 is 1. The molecule has 1 saturated heterocycles. The third kappa shape index (κ3) is 5.31. The Morgan fingerprint density at radius 2 is 2.12 bits per heavy atom. The smallest absolute Gasteiger partial charge is 0.0900 e. The van der Waals surface area contributed by atoms with Gasteiger partial charge in [-0.1, -0.05) is 6.92 Å². The summed E-state index contributed by atoms with van der Waals surface area (Å²) in [5, 5.41) is 9.85. The molecule has 0 amide bonds. The van der Waals surface area contributed by atoms with E-state index in [0.717, 1.165) is 13.1 Å². The molecule has 5 nitrogen and oxygen atoms in total. The molecule has 0 aromatic rings. The van der Waals surface area contributed by atoms with Crippen molar-refractivity contribution < 1.29 is 14.6 Å². The highest BCUT2D eigenvalue weighted by Crippen LogP contribution is 2.14. The van der Waals surface area contributed by atoms with Crippen molar-refractivity contribution in [3.05, 3.63) is 0 Å². The highest BCUT2D eigenvalue weighted by Gasteiger charge is 2.27. The van der Waals surface area contributed by atoms with Crippen LogP contribution in [-0.2, 0) is 9.47 Å². The predicted octanol–water partition coefficient (Wildman–Crippen LogP) is -0.322. The van der Waals surface area contributed by atoms with E-state index < -0.39 is 6.10 Å². The lowest BCUT2D eigenvalue weighted by atomic mass is 10.1. The summed E-state index contributed by atoms with van der Waals surface area (Å²) in [5.41, 5.74) is 5.94. The molecule has 102 valence electrons. The maximum atomic E-state index is 9.85. The van der Waals surface area contributed by atoms with Crippen LogP contribution >= 0.6 is 0 Å². The first kappa shape index (κ1) is 14.9. The van der Waals surface area contributed by atoms with Gasteiger partial charge < -0.3 is 20.3 Å². The fraction of sp³-hybridized carbons (Fsp3) is 1.00. The fourth-order valence-corrected chi connectivity index (χ4v) is 2.15. The van der Waals surface area contributed by atoms with Crippen molar-refractivity contribution in [2.75, 3.05) is 40.0 Å². The molecule has 5 heteroatoms. The topological polar surface area (TPSA) is 68.0 Å². The molecule has 17 heavy (non-hydrogen) atoms. The molecule has 3 N–H and O–H groups in total. The Bertz CT molecular complexity index is 206. The summed E-state index contributed by atoms with van der Waals surface area (Å²) in [4.78, 5) is 2.20. The molecule has 0 aliphatic carbocycles. The first-order valence-corrected chi connectivity index (χ1v) is 6.29. The molecule has 1 heterocycles. The molecule has 0 saturated carbocycles. The van der Waals surface area contributed by atoms with Crippen LogP contribution < -0.4 is 5.73 Å². The van der Waals surface area contributed by atoms with Crippen molar-refractivity contribution in [2.45, 2.75) is 32.1 Å². The Balaban J connectivity index is 2.15. The number of β-amino-alcohol motifs (C(OH)–C–C–N with tert-alkyl or cyclic N) is 1. The summed E-state index contributed by atoms with van der Waals surface area (Å²) in [6, 6.07) is 0.232. The van der Waals surface area contributed by atoms with Gasteiger partial charge in [-0.2, -0.15) is 0 Å². The number of aliphatic hydroxyl groups is 1. The molecule has 0 bridgehead atoms. The predicted molar refractivity (Wildman–Crippen MR) is 66.9 cm³/mol. The minimum atomic E-state index is -0.452. The molecule has 0 aromatic heterocycles. The third-order valence-electron chi connectivity index (χ3n) is 3.19. The molecule has 0 radical (unpaired) electrons. The van der Waals surface area contributed by atoms with Crippen molar-refractivity contribution in [3.63, 3.8) is 0 Å². The second-order valence-electron chi connectivity index (χ2n) is 5.11. The van der Waals surface area contributed by atoms with Gasteiger partial charge in [0.25, 0.3) is 0 Å². The van der Waals surface area contributed by atoms with Crippen LogP contribution in [0.2, 0.25) is 0 Å².